The van der Waals surface area contributed by atoms with Crippen molar-refractivity contribution in [1.29, 1.82) is 0 Å². The molecule has 1 fully saturated rings. The van der Waals surface area contributed by atoms with Gasteiger partial charge in [-0.05, 0) is 31.5 Å². The van der Waals surface area contributed by atoms with Crippen LogP contribution in [0.25, 0.3) is 0 Å². The Bertz CT molecular complexity index is 790. The maximum atomic E-state index is 6.18. The van der Waals surface area contributed by atoms with Crippen molar-refractivity contribution in [2.45, 2.75) is 25.9 Å². The monoisotopic (exact) mass is 390 g/mol. The van der Waals surface area contributed by atoms with Crippen molar-refractivity contribution < 1.29 is 4.74 Å². The molecule has 27 heavy (non-hydrogen) atoms. The summed E-state index contributed by atoms with van der Waals surface area (Å²) in [5, 5.41) is 11.8. The maximum absolute atomic E-state index is 6.18. The van der Waals surface area contributed by atoms with Crippen LogP contribution in [-0.2, 0) is 13.6 Å². The molecule has 0 aliphatic carbocycles. The van der Waals surface area contributed by atoms with Crippen molar-refractivity contribution in [2.75, 3.05) is 31.6 Å². The van der Waals surface area contributed by atoms with Crippen LogP contribution >= 0.6 is 11.6 Å². The van der Waals surface area contributed by atoms with Gasteiger partial charge in [0.25, 0.3) is 0 Å². The van der Waals surface area contributed by atoms with Gasteiger partial charge < -0.3 is 20.3 Å². The highest BCUT2D eigenvalue weighted by Gasteiger charge is 2.25. The van der Waals surface area contributed by atoms with E-state index in [0.29, 0.717) is 17.6 Å². The van der Waals surface area contributed by atoms with Gasteiger partial charge in [-0.2, -0.15) is 5.10 Å². The number of aromatic nitrogens is 2. The van der Waals surface area contributed by atoms with Crippen molar-refractivity contribution in [3.05, 3.63) is 41.2 Å². The summed E-state index contributed by atoms with van der Waals surface area (Å²) in [5.41, 5.74) is 2.12. The second-order valence-electron chi connectivity index (χ2n) is 6.61. The molecule has 0 bridgehead atoms. The molecule has 8 heteroatoms. The lowest BCUT2D eigenvalue weighted by Gasteiger charge is -2.22. The number of aliphatic imine (C=N–C) groups is 1. The van der Waals surface area contributed by atoms with Crippen LogP contribution in [0.15, 0.2) is 35.6 Å². The summed E-state index contributed by atoms with van der Waals surface area (Å²) >= 11 is 6.18. The number of halogens is 1. The van der Waals surface area contributed by atoms with E-state index in [-0.39, 0.29) is 0 Å². The first kappa shape index (κ1) is 19.4. The molecule has 2 N–H and O–H groups in total. The standard InChI is InChI=1S/C19H27ClN6O/c1-4-21-19(22-10-14-11-23-25(2)12-14)24-16-7-8-26(13-16)17-9-15(20)5-6-18(17)27-3/h5-6,9,11-12,16H,4,7-8,10,13H2,1-3H3,(H2,21,22,24). The molecule has 2 aromatic rings. The summed E-state index contributed by atoms with van der Waals surface area (Å²) < 4.78 is 7.28. The number of anilines is 1. The minimum atomic E-state index is 0.306. The molecule has 0 spiro atoms. The van der Waals surface area contributed by atoms with Crippen molar-refractivity contribution in [3.63, 3.8) is 0 Å². The molecule has 1 unspecified atom stereocenters. The molecule has 0 saturated carbocycles. The average molecular weight is 391 g/mol. The van der Waals surface area contributed by atoms with Crippen molar-refractivity contribution in [2.24, 2.45) is 12.0 Å². The molecule has 0 amide bonds. The minimum absolute atomic E-state index is 0.306. The van der Waals surface area contributed by atoms with Gasteiger partial charge in [0, 0.05) is 49.5 Å². The minimum Gasteiger partial charge on any atom is -0.495 e. The Morgan fingerprint density at radius 2 is 2.30 bits per heavy atom. The predicted octanol–water partition coefficient (Wildman–Crippen LogP) is 2.42. The molecule has 1 aromatic heterocycles. The van der Waals surface area contributed by atoms with Gasteiger partial charge in [-0.1, -0.05) is 11.6 Å². The quantitative estimate of drug-likeness (QED) is 0.585. The smallest absolute Gasteiger partial charge is 0.191 e. The molecule has 0 radical (unpaired) electrons. The lowest BCUT2D eigenvalue weighted by molar-refractivity contribution is 0.415. The lowest BCUT2D eigenvalue weighted by atomic mass is 10.2. The first-order valence-corrected chi connectivity index (χ1v) is 9.57. The second-order valence-corrected chi connectivity index (χ2v) is 7.05. The summed E-state index contributed by atoms with van der Waals surface area (Å²) in [7, 11) is 3.60. The summed E-state index contributed by atoms with van der Waals surface area (Å²) in [5.74, 6) is 1.67. The fourth-order valence-electron chi connectivity index (χ4n) is 3.24. The van der Waals surface area contributed by atoms with Crippen LogP contribution < -0.4 is 20.3 Å². The SMILES string of the molecule is CCNC(=NCc1cnn(C)c1)NC1CCN(c2cc(Cl)ccc2OC)C1. The normalized spacial score (nSPS) is 17.3. The van der Waals surface area contributed by atoms with Gasteiger partial charge in [-0.15, -0.1) is 0 Å². The van der Waals surface area contributed by atoms with E-state index in [2.05, 4.69) is 32.5 Å². The van der Waals surface area contributed by atoms with E-state index >= 15 is 0 Å². The van der Waals surface area contributed by atoms with E-state index < -0.39 is 0 Å². The zero-order chi connectivity index (χ0) is 19.2. The summed E-state index contributed by atoms with van der Waals surface area (Å²) in [6, 6.07) is 6.03. The number of rotatable bonds is 6. The molecule has 2 heterocycles. The Labute approximate surface area is 165 Å². The highest BCUT2D eigenvalue weighted by molar-refractivity contribution is 6.30. The predicted molar refractivity (Wildman–Crippen MR) is 110 cm³/mol. The fourth-order valence-corrected chi connectivity index (χ4v) is 3.41. The van der Waals surface area contributed by atoms with Crippen LogP contribution in [0.3, 0.4) is 0 Å². The molecule has 1 aliphatic heterocycles. The molecule has 1 atom stereocenters. The van der Waals surface area contributed by atoms with Crippen LogP contribution in [0.1, 0.15) is 18.9 Å². The number of nitrogens with zero attached hydrogens (tertiary/aromatic N) is 4. The Kier molecular flexibility index (Phi) is 6.45. The lowest BCUT2D eigenvalue weighted by Crippen LogP contribution is -2.44. The van der Waals surface area contributed by atoms with Crippen molar-refractivity contribution in [3.8, 4) is 5.75 Å². The highest BCUT2D eigenvalue weighted by Crippen LogP contribution is 2.33. The molecule has 3 rings (SSSR count). The van der Waals surface area contributed by atoms with Crippen LogP contribution in [0, 0.1) is 0 Å². The summed E-state index contributed by atoms with van der Waals surface area (Å²) in [6.07, 6.45) is 4.85. The Balaban J connectivity index is 1.64. The van der Waals surface area contributed by atoms with Crippen LogP contribution in [-0.4, -0.2) is 48.5 Å². The highest BCUT2D eigenvalue weighted by atomic mass is 35.5. The third kappa shape index (κ3) is 5.07. The number of hydrogen-bond acceptors (Lipinski definition) is 4. The van der Waals surface area contributed by atoms with E-state index in [0.717, 1.165) is 49.0 Å². The number of hydrogen-bond donors (Lipinski definition) is 2. The Hall–Kier alpha value is -2.41. The van der Waals surface area contributed by atoms with Crippen molar-refractivity contribution in [1.82, 2.24) is 20.4 Å². The number of nitrogens with one attached hydrogen (secondary N) is 2. The van der Waals surface area contributed by atoms with Crippen LogP contribution in [0.2, 0.25) is 5.02 Å². The molecular formula is C19H27ClN6O. The Morgan fingerprint density at radius 1 is 1.44 bits per heavy atom. The van der Waals surface area contributed by atoms with Gasteiger partial charge in [0.1, 0.15) is 5.75 Å². The number of ether oxygens (including phenoxy) is 1. The van der Waals surface area contributed by atoms with E-state index in [1.807, 2.05) is 37.6 Å². The van der Waals surface area contributed by atoms with Gasteiger partial charge in [-0.25, -0.2) is 4.99 Å². The average Bonchev–Trinajstić information content (AvgIpc) is 3.29. The number of aryl methyl sites for hydroxylation is 1. The number of methoxy groups -OCH3 is 1. The van der Waals surface area contributed by atoms with Crippen LogP contribution in [0.5, 0.6) is 5.75 Å². The topological polar surface area (TPSA) is 66.7 Å². The van der Waals surface area contributed by atoms with Gasteiger partial charge in [0.05, 0.1) is 25.5 Å². The molecular weight excluding hydrogens is 364 g/mol. The Morgan fingerprint density at radius 3 is 3.00 bits per heavy atom. The third-order valence-corrected chi connectivity index (χ3v) is 4.77. The molecule has 7 nitrogen and oxygen atoms in total. The largest absolute Gasteiger partial charge is 0.495 e. The van der Waals surface area contributed by atoms with E-state index in [9.17, 15) is 0 Å². The van der Waals surface area contributed by atoms with Gasteiger partial charge in [0.15, 0.2) is 5.96 Å². The van der Waals surface area contributed by atoms with Gasteiger partial charge >= 0.3 is 0 Å². The summed E-state index contributed by atoms with van der Waals surface area (Å²) in [4.78, 5) is 6.98. The van der Waals surface area contributed by atoms with Crippen LogP contribution in [0.4, 0.5) is 5.69 Å². The van der Waals surface area contributed by atoms with Gasteiger partial charge in [-0.3, -0.25) is 4.68 Å². The first-order valence-electron chi connectivity index (χ1n) is 9.20. The molecule has 1 saturated heterocycles. The summed E-state index contributed by atoms with van der Waals surface area (Å²) in [6.45, 7) is 5.29. The second kappa shape index (κ2) is 8.99. The van der Waals surface area contributed by atoms with Crippen molar-refractivity contribution >= 4 is 23.2 Å². The fraction of sp³-hybridized carbons (Fsp3) is 0.474. The molecule has 1 aromatic carbocycles. The number of guanidine groups is 1. The zero-order valence-electron chi connectivity index (χ0n) is 16.1. The van der Waals surface area contributed by atoms with E-state index in [4.69, 9.17) is 16.3 Å². The number of benzene rings is 1. The molecule has 1 aliphatic rings. The maximum Gasteiger partial charge on any atom is 0.191 e. The van der Waals surface area contributed by atoms with Gasteiger partial charge in [0.2, 0.25) is 0 Å². The third-order valence-electron chi connectivity index (χ3n) is 4.53. The van der Waals surface area contributed by atoms with E-state index in [1.54, 1.807) is 11.8 Å². The molecule has 146 valence electrons. The van der Waals surface area contributed by atoms with E-state index in [1.165, 1.54) is 0 Å². The first-order chi connectivity index (χ1) is 13.1. The zero-order valence-corrected chi connectivity index (χ0v) is 16.8.